The molecule has 0 heterocycles. The predicted octanol–water partition coefficient (Wildman–Crippen LogP) is 0.352. The summed E-state index contributed by atoms with van der Waals surface area (Å²) in [7, 11) is 0. The third kappa shape index (κ3) is 7.66. The summed E-state index contributed by atoms with van der Waals surface area (Å²) in [6.07, 6.45) is 2.96. The molecule has 3 unspecified atom stereocenters. The van der Waals surface area contributed by atoms with Crippen molar-refractivity contribution in [3.8, 4) is 0 Å². The first-order valence-corrected chi connectivity index (χ1v) is 8.41. The third-order valence-corrected chi connectivity index (χ3v) is 3.94. The summed E-state index contributed by atoms with van der Waals surface area (Å²) >= 11 is 0. The van der Waals surface area contributed by atoms with Crippen LogP contribution in [0.5, 0.6) is 0 Å². The maximum absolute atomic E-state index is 12.2. The van der Waals surface area contributed by atoms with Gasteiger partial charge in [-0.3, -0.25) is 9.59 Å². The molecule has 1 aliphatic rings. The molecule has 1 saturated carbocycles. The third-order valence-electron chi connectivity index (χ3n) is 3.94. The first-order valence-electron chi connectivity index (χ1n) is 8.41. The van der Waals surface area contributed by atoms with Crippen molar-refractivity contribution in [2.24, 2.45) is 11.8 Å². The normalized spacial score (nSPS) is 21.0. The van der Waals surface area contributed by atoms with E-state index in [1.54, 1.807) is 0 Å². The molecule has 0 aromatic rings. The van der Waals surface area contributed by atoms with Crippen molar-refractivity contribution in [3.05, 3.63) is 12.7 Å². The molecule has 0 spiro atoms. The molecule has 0 aromatic heterocycles. The second-order valence-corrected chi connectivity index (χ2v) is 5.86. The Morgan fingerprint density at radius 1 is 1.04 bits per heavy atom. The van der Waals surface area contributed by atoms with Gasteiger partial charge in [-0.05, 0) is 12.8 Å². The molecule has 0 aliphatic heterocycles. The van der Waals surface area contributed by atoms with Crippen molar-refractivity contribution in [3.63, 3.8) is 0 Å². The van der Waals surface area contributed by atoms with E-state index < -0.39 is 42.5 Å². The van der Waals surface area contributed by atoms with Gasteiger partial charge in [0.2, 0.25) is 0 Å². The number of rotatable bonds is 10. The van der Waals surface area contributed by atoms with Crippen LogP contribution in [-0.2, 0) is 28.6 Å². The zero-order valence-electron chi connectivity index (χ0n) is 14.2. The number of hydrogen-bond donors (Lipinski definition) is 2. The molecular weight excluding hydrogens is 332 g/mol. The minimum atomic E-state index is -1.13. The SMILES string of the molecule is C=CC(=O)OCCCOC(=O)C1CCCCC1C(=O)OCC(O)CO. The van der Waals surface area contributed by atoms with E-state index in [1.165, 1.54) is 0 Å². The van der Waals surface area contributed by atoms with Crippen molar-refractivity contribution < 1.29 is 38.8 Å². The topological polar surface area (TPSA) is 119 Å². The van der Waals surface area contributed by atoms with Crippen molar-refractivity contribution in [1.82, 2.24) is 0 Å². The quantitative estimate of drug-likeness (QED) is 0.248. The molecule has 8 heteroatoms. The number of aliphatic hydroxyl groups is 2. The monoisotopic (exact) mass is 358 g/mol. The Labute approximate surface area is 146 Å². The van der Waals surface area contributed by atoms with Crippen LogP contribution < -0.4 is 0 Å². The van der Waals surface area contributed by atoms with Gasteiger partial charge in [-0.2, -0.15) is 0 Å². The molecule has 25 heavy (non-hydrogen) atoms. The number of aliphatic hydroxyl groups excluding tert-OH is 2. The van der Waals surface area contributed by atoms with Gasteiger partial charge >= 0.3 is 17.9 Å². The summed E-state index contributed by atoms with van der Waals surface area (Å²) in [5, 5.41) is 18.0. The van der Waals surface area contributed by atoms with Gasteiger partial charge in [0.05, 0.1) is 31.7 Å². The Balaban J connectivity index is 2.41. The second kappa shape index (κ2) is 11.6. The van der Waals surface area contributed by atoms with Gasteiger partial charge in [0.1, 0.15) is 12.7 Å². The average molecular weight is 358 g/mol. The summed E-state index contributed by atoms with van der Waals surface area (Å²) in [4.78, 5) is 35.2. The average Bonchev–Trinajstić information content (AvgIpc) is 2.64. The zero-order chi connectivity index (χ0) is 18.7. The van der Waals surface area contributed by atoms with Crippen LogP contribution in [-0.4, -0.2) is 60.7 Å². The van der Waals surface area contributed by atoms with Gasteiger partial charge in [0.25, 0.3) is 0 Å². The Morgan fingerprint density at radius 3 is 2.16 bits per heavy atom. The lowest BCUT2D eigenvalue weighted by atomic mass is 9.79. The van der Waals surface area contributed by atoms with E-state index in [4.69, 9.17) is 19.3 Å². The Bertz CT molecular complexity index is 462. The first kappa shape index (κ1) is 21.1. The van der Waals surface area contributed by atoms with Crippen LogP contribution in [0, 0.1) is 11.8 Å². The second-order valence-electron chi connectivity index (χ2n) is 5.86. The van der Waals surface area contributed by atoms with Crippen molar-refractivity contribution in [1.29, 1.82) is 0 Å². The maximum atomic E-state index is 12.2. The van der Waals surface area contributed by atoms with Crippen molar-refractivity contribution in [2.45, 2.75) is 38.2 Å². The fourth-order valence-corrected chi connectivity index (χ4v) is 2.60. The molecule has 8 nitrogen and oxygen atoms in total. The summed E-state index contributed by atoms with van der Waals surface area (Å²) in [5.74, 6) is -2.76. The molecule has 1 fully saturated rings. The highest BCUT2D eigenvalue weighted by molar-refractivity contribution is 5.82. The lowest BCUT2D eigenvalue weighted by molar-refractivity contribution is -0.165. The fraction of sp³-hybridized carbons (Fsp3) is 0.706. The van der Waals surface area contributed by atoms with E-state index >= 15 is 0 Å². The van der Waals surface area contributed by atoms with Crippen LogP contribution in [0.25, 0.3) is 0 Å². The molecule has 0 bridgehead atoms. The minimum Gasteiger partial charge on any atom is -0.465 e. The van der Waals surface area contributed by atoms with Crippen LogP contribution in [0.1, 0.15) is 32.1 Å². The molecule has 0 amide bonds. The van der Waals surface area contributed by atoms with E-state index in [-0.39, 0.29) is 19.8 Å². The van der Waals surface area contributed by atoms with E-state index in [2.05, 4.69) is 6.58 Å². The summed E-state index contributed by atoms with van der Waals surface area (Å²) in [6, 6.07) is 0. The standard InChI is InChI=1S/C17H26O8/c1-2-15(20)23-8-5-9-24-16(21)13-6-3-4-7-14(13)17(22)25-11-12(19)10-18/h2,12-14,18-19H,1,3-11H2. The van der Waals surface area contributed by atoms with Gasteiger partial charge < -0.3 is 24.4 Å². The zero-order valence-corrected chi connectivity index (χ0v) is 14.2. The number of carbonyl (C=O) groups is 3. The van der Waals surface area contributed by atoms with E-state index in [0.717, 1.165) is 18.9 Å². The first-order chi connectivity index (χ1) is 12.0. The predicted molar refractivity (Wildman–Crippen MR) is 86.2 cm³/mol. The van der Waals surface area contributed by atoms with Crippen molar-refractivity contribution >= 4 is 17.9 Å². The Kier molecular flexibility index (Phi) is 9.79. The van der Waals surface area contributed by atoms with Crippen LogP contribution in [0.2, 0.25) is 0 Å². The molecule has 0 saturated heterocycles. The van der Waals surface area contributed by atoms with Crippen LogP contribution >= 0.6 is 0 Å². The van der Waals surface area contributed by atoms with Gasteiger partial charge in [-0.25, -0.2) is 4.79 Å². The lowest BCUT2D eigenvalue weighted by Crippen LogP contribution is -2.36. The molecule has 142 valence electrons. The lowest BCUT2D eigenvalue weighted by Gasteiger charge is -2.28. The Morgan fingerprint density at radius 2 is 1.60 bits per heavy atom. The number of esters is 3. The highest BCUT2D eigenvalue weighted by atomic mass is 16.6. The summed E-state index contributed by atoms with van der Waals surface area (Å²) < 4.78 is 14.9. The van der Waals surface area contributed by atoms with E-state index in [0.29, 0.717) is 19.3 Å². The smallest absolute Gasteiger partial charge is 0.330 e. The molecule has 1 rings (SSSR count). The van der Waals surface area contributed by atoms with Gasteiger partial charge in [-0.1, -0.05) is 19.4 Å². The molecule has 0 aromatic carbocycles. The van der Waals surface area contributed by atoms with Crippen LogP contribution in [0.3, 0.4) is 0 Å². The fourth-order valence-electron chi connectivity index (χ4n) is 2.60. The van der Waals surface area contributed by atoms with Gasteiger partial charge in [-0.15, -0.1) is 0 Å². The summed E-state index contributed by atoms with van der Waals surface area (Å²) in [6.45, 7) is 2.67. The largest absolute Gasteiger partial charge is 0.465 e. The van der Waals surface area contributed by atoms with Gasteiger partial charge in [0.15, 0.2) is 0 Å². The van der Waals surface area contributed by atoms with Crippen molar-refractivity contribution in [2.75, 3.05) is 26.4 Å². The number of carbonyl (C=O) groups excluding carboxylic acids is 3. The number of ether oxygens (including phenoxy) is 3. The highest BCUT2D eigenvalue weighted by Gasteiger charge is 2.38. The molecular formula is C17H26O8. The summed E-state index contributed by atoms with van der Waals surface area (Å²) in [5.41, 5.74) is 0. The molecule has 2 N–H and O–H groups in total. The van der Waals surface area contributed by atoms with Crippen LogP contribution in [0.15, 0.2) is 12.7 Å². The van der Waals surface area contributed by atoms with Gasteiger partial charge in [0, 0.05) is 12.5 Å². The van der Waals surface area contributed by atoms with Crippen LogP contribution in [0.4, 0.5) is 0 Å². The maximum Gasteiger partial charge on any atom is 0.330 e. The molecule has 1 aliphatic carbocycles. The molecule has 3 atom stereocenters. The Hall–Kier alpha value is -1.93. The number of hydrogen-bond acceptors (Lipinski definition) is 8. The van der Waals surface area contributed by atoms with E-state index in [1.807, 2.05) is 0 Å². The molecule has 0 radical (unpaired) electrons. The highest BCUT2D eigenvalue weighted by Crippen LogP contribution is 2.32. The minimum absolute atomic E-state index is 0.0880. The van der Waals surface area contributed by atoms with E-state index in [9.17, 15) is 19.5 Å².